The van der Waals surface area contributed by atoms with Gasteiger partial charge in [0, 0.05) is 12.0 Å². The van der Waals surface area contributed by atoms with E-state index in [4.69, 9.17) is 4.74 Å². The van der Waals surface area contributed by atoms with Crippen LogP contribution in [0.3, 0.4) is 0 Å². The van der Waals surface area contributed by atoms with Gasteiger partial charge in [-0.3, -0.25) is 9.59 Å². The van der Waals surface area contributed by atoms with Gasteiger partial charge in [-0.25, -0.2) is 4.79 Å². The van der Waals surface area contributed by atoms with Crippen LogP contribution in [-0.4, -0.2) is 30.7 Å². The molecule has 0 amide bonds. The van der Waals surface area contributed by atoms with Crippen molar-refractivity contribution in [1.82, 2.24) is 0 Å². The zero-order chi connectivity index (χ0) is 18.1. The predicted molar refractivity (Wildman–Crippen MR) is 92.7 cm³/mol. The molecule has 0 unspecified atom stereocenters. The molecule has 0 radical (unpaired) electrons. The van der Waals surface area contributed by atoms with E-state index in [1.165, 1.54) is 5.56 Å². The lowest BCUT2D eigenvalue weighted by Gasteiger charge is -2.07. The Kier molecular flexibility index (Phi) is 6.89. The minimum absolute atomic E-state index is 0.105. The summed E-state index contributed by atoms with van der Waals surface area (Å²) in [5.74, 6) is -1.59. The van der Waals surface area contributed by atoms with Crippen molar-refractivity contribution in [2.75, 3.05) is 13.2 Å². The van der Waals surface area contributed by atoms with Crippen LogP contribution in [0.2, 0.25) is 0 Å². The molecule has 0 saturated carbocycles. The number of benzene rings is 2. The summed E-state index contributed by atoms with van der Waals surface area (Å²) < 4.78 is 10.2. The Morgan fingerprint density at radius 1 is 0.920 bits per heavy atom. The first-order chi connectivity index (χ1) is 12.1. The van der Waals surface area contributed by atoms with Crippen molar-refractivity contribution in [3.05, 3.63) is 65.7 Å². The number of ether oxygens (including phenoxy) is 2. The number of hydrogen-bond donors (Lipinski definition) is 0. The van der Waals surface area contributed by atoms with Gasteiger partial charge in [0.15, 0.2) is 5.78 Å². The van der Waals surface area contributed by atoms with E-state index in [0.29, 0.717) is 17.9 Å². The fraction of sp³-hybridized carbons (Fsp3) is 0.250. The van der Waals surface area contributed by atoms with E-state index in [-0.39, 0.29) is 6.61 Å². The van der Waals surface area contributed by atoms with Gasteiger partial charge in [0.25, 0.3) is 0 Å². The van der Waals surface area contributed by atoms with Gasteiger partial charge < -0.3 is 9.47 Å². The first-order valence-electron chi connectivity index (χ1n) is 8.10. The van der Waals surface area contributed by atoms with Gasteiger partial charge in [-0.2, -0.15) is 0 Å². The second-order valence-electron chi connectivity index (χ2n) is 5.35. The van der Waals surface area contributed by atoms with Crippen molar-refractivity contribution in [3.8, 4) is 5.75 Å². The summed E-state index contributed by atoms with van der Waals surface area (Å²) in [5, 5.41) is 0. The molecule has 0 fully saturated rings. The van der Waals surface area contributed by atoms with Crippen molar-refractivity contribution in [1.29, 1.82) is 0 Å². The van der Waals surface area contributed by atoms with Crippen molar-refractivity contribution in [2.45, 2.75) is 19.8 Å². The molecule has 0 heterocycles. The minimum Gasteiger partial charge on any atom is -0.493 e. The Hall–Kier alpha value is -2.95. The summed E-state index contributed by atoms with van der Waals surface area (Å²) >= 11 is 0. The molecule has 0 N–H and O–H groups in total. The standard InChI is InChI=1S/C20H20O5/c1-2-24-20(23)19(22)14-18(21)16-8-10-17(11-9-16)25-13-12-15-6-4-3-5-7-15/h3-11H,2,12-14H2,1H3. The SMILES string of the molecule is CCOC(=O)C(=O)CC(=O)c1ccc(OCCc2ccccc2)cc1. The molecule has 0 spiro atoms. The van der Waals surface area contributed by atoms with Crippen LogP contribution in [0.25, 0.3) is 0 Å². The Balaban J connectivity index is 1.83. The number of ketones is 2. The summed E-state index contributed by atoms with van der Waals surface area (Å²) in [6.07, 6.45) is 0.294. The molecular weight excluding hydrogens is 320 g/mol. The fourth-order valence-electron chi connectivity index (χ4n) is 2.20. The molecule has 0 aliphatic carbocycles. The lowest BCUT2D eigenvalue weighted by atomic mass is 10.1. The van der Waals surface area contributed by atoms with E-state index in [1.807, 2.05) is 30.3 Å². The number of carbonyl (C=O) groups excluding carboxylic acids is 3. The van der Waals surface area contributed by atoms with Crippen LogP contribution in [0.15, 0.2) is 54.6 Å². The second-order valence-corrected chi connectivity index (χ2v) is 5.35. The van der Waals surface area contributed by atoms with Crippen molar-refractivity contribution >= 4 is 17.5 Å². The highest BCUT2D eigenvalue weighted by atomic mass is 16.5. The van der Waals surface area contributed by atoms with E-state index in [9.17, 15) is 14.4 Å². The highest BCUT2D eigenvalue weighted by Gasteiger charge is 2.19. The summed E-state index contributed by atoms with van der Waals surface area (Å²) in [5.41, 5.74) is 1.54. The molecule has 2 aromatic carbocycles. The van der Waals surface area contributed by atoms with Crippen LogP contribution in [0.4, 0.5) is 0 Å². The molecule has 25 heavy (non-hydrogen) atoms. The lowest BCUT2D eigenvalue weighted by molar-refractivity contribution is -0.153. The fourth-order valence-corrected chi connectivity index (χ4v) is 2.20. The number of hydrogen-bond acceptors (Lipinski definition) is 5. The number of esters is 1. The maximum atomic E-state index is 12.0. The molecule has 0 bridgehead atoms. The van der Waals surface area contributed by atoms with E-state index in [1.54, 1.807) is 31.2 Å². The number of carbonyl (C=O) groups is 3. The molecule has 0 saturated heterocycles. The molecule has 0 atom stereocenters. The van der Waals surface area contributed by atoms with Crippen LogP contribution in [-0.2, 0) is 20.7 Å². The molecule has 0 aliphatic heterocycles. The molecule has 5 heteroatoms. The topological polar surface area (TPSA) is 69.7 Å². The van der Waals surface area contributed by atoms with Gasteiger partial charge in [-0.1, -0.05) is 30.3 Å². The number of Topliss-reactive ketones (excluding diaryl/α,β-unsaturated/α-hetero) is 2. The Morgan fingerprint density at radius 2 is 1.60 bits per heavy atom. The molecule has 5 nitrogen and oxygen atoms in total. The first-order valence-corrected chi connectivity index (χ1v) is 8.10. The van der Waals surface area contributed by atoms with Crippen LogP contribution < -0.4 is 4.74 Å². The third kappa shape index (κ3) is 5.88. The van der Waals surface area contributed by atoms with Crippen LogP contribution in [0.1, 0.15) is 29.3 Å². The average molecular weight is 340 g/mol. The quantitative estimate of drug-likeness (QED) is 0.304. The van der Waals surface area contributed by atoms with Crippen LogP contribution in [0, 0.1) is 0 Å². The van der Waals surface area contributed by atoms with Crippen molar-refractivity contribution < 1.29 is 23.9 Å². The van der Waals surface area contributed by atoms with E-state index in [0.717, 1.165) is 6.42 Å². The zero-order valence-corrected chi connectivity index (χ0v) is 14.1. The highest BCUT2D eigenvalue weighted by Crippen LogP contribution is 2.14. The van der Waals surface area contributed by atoms with Crippen molar-refractivity contribution in [3.63, 3.8) is 0 Å². The molecule has 2 rings (SSSR count). The summed E-state index contributed by atoms with van der Waals surface area (Å²) in [4.78, 5) is 34.8. The Labute approximate surface area is 146 Å². The van der Waals surface area contributed by atoms with Gasteiger partial charge in [0.2, 0.25) is 5.78 Å². The van der Waals surface area contributed by atoms with E-state index < -0.39 is 24.0 Å². The number of rotatable bonds is 9. The van der Waals surface area contributed by atoms with Crippen LogP contribution >= 0.6 is 0 Å². The molecule has 0 aliphatic rings. The molecule has 0 aromatic heterocycles. The first kappa shape index (κ1) is 18.4. The average Bonchev–Trinajstić information content (AvgIpc) is 2.63. The maximum Gasteiger partial charge on any atom is 0.375 e. The molecule has 2 aromatic rings. The zero-order valence-electron chi connectivity index (χ0n) is 14.1. The van der Waals surface area contributed by atoms with E-state index >= 15 is 0 Å². The third-order valence-corrected chi connectivity index (χ3v) is 3.50. The third-order valence-electron chi connectivity index (χ3n) is 3.50. The molecular formula is C20H20O5. The largest absolute Gasteiger partial charge is 0.493 e. The predicted octanol–water partition coefficient (Wildman–Crippen LogP) is 3.01. The lowest BCUT2D eigenvalue weighted by Crippen LogP contribution is -2.20. The minimum atomic E-state index is -0.975. The van der Waals surface area contributed by atoms with E-state index in [2.05, 4.69) is 4.74 Å². The smallest absolute Gasteiger partial charge is 0.375 e. The highest BCUT2D eigenvalue weighted by molar-refractivity contribution is 6.38. The Bertz CT molecular complexity index is 720. The second kappa shape index (κ2) is 9.37. The van der Waals surface area contributed by atoms with Gasteiger partial charge in [-0.15, -0.1) is 0 Å². The maximum absolute atomic E-state index is 12.0. The van der Waals surface area contributed by atoms with Gasteiger partial charge in [-0.05, 0) is 36.8 Å². The summed E-state index contributed by atoms with van der Waals surface area (Å²) in [7, 11) is 0. The monoisotopic (exact) mass is 340 g/mol. The van der Waals surface area contributed by atoms with Crippen LogP contribution in [0.5, 0.6) is 5.75 Å². The summed E-state index contributed by atoms with van der Waals surface area (Å²) in [6.45, 7) is 2.23. The van der Waals surface area contributed by atoms with Crippen molar-refractivity contribution in [2.24, 2.45) is 0 Å². The summed E-state index contributed by atoms with van der Waals surface area (Å²) in [6, 6.07) is 16.5. The van der Waals surface area contributed by atoms with Gasteiger partial charge >= 0.3 is 5.97 Å². The van der Waals surface area contributed by atoms with Gasteiger partial charge in [0.1, 0.15) is 5.75 Å². The van der Waals surface area contributed by atoms with Gasteiger partial charge in [0.05, 0.1) is 19.6 Å². The Morgan fingerprint density at radius 3 is 2.24 bits per heavy atom. The molecule has 130 valence electrons. The normalized spacial score (nSPS) is 10.1.